The molecule has 1 heterocycles. The minimum Gasteiger partial charge on any atom is -0.424 e. The zero-order valence-electron chi connectivity index (χ0n) is 7.22. The van der Waals surface area contributed by atoms with Gasteiger partial charge in [-0.3, -0.25) is 0 Å². The lowest BCUT2D eigenvalue weighted by Gasteiger charge is -1.94. The molecule has 0 amide bonds. The molecule has 1 N–H and O–H groups in total. The third-order valence-corrected chi connectivity index (χ3v) is 1.42. The summed E-state index contributed by atoms with van der Waals surface area (Å²) in [5, 5.41) is 11.6. The second-order valence-electron chi connectivity index (χ2n) is 2.28. The molecule has 0 aliphatic carbocycles. The van der Waals surface area contributed by atoms with Gasteiger partial charge < -0.3 is 9.73 Å². The molecule has 0 aromatic carbocycles. The van der Waals surface area contributed by atoms with Gasteiger partial charge in [0.25, 0.3) is 0 Å². The number of hydrogen-bond donors (Lipinski definition) is 1. The van der Waals surface area contributed by atoms with Crippen LogP contribution in [0, 0.1) is 11.3 Å². The number of aryl methyl sites for hydroxylation is 1. The van der Waals surface area contributed by atoms with Gasteiger partial charge >= 0.3 is 0 Å². The molecule has 0 unspecified atom stereocenters. The number of nitrogens with zero attached hydrogens (tertiary/aromatic N) is 2. The number of rotatable bonds is 3. The van der Waals surface area contributed by atoms with Gasteiger partial charge in [-0.25, -0.2) is 4.98 Å². The van der Waals surface area contributed by atoms with Gasteiger partial charge in [-0.15, -0.1) is 0 Å². The summed E-state index contributed by atoms with van der Waals surface area (Å²) < 4.78 is 5.25. The molecule has 1 aromatic rings. The van der Waals surface area contributed by atoms with E-state index in [1.165, 1.54) is 0 Å². The maximum Gasteiger partial charge on any atom is 0.232 e. The van der Waals surface area contributed by atoms with Crippen molar-refractivity contribution in [2.75, 3.05) is 11.9 Å². The smallest absolute Gasteiger partial charge is 0.232 e. The van der Waals surface area contributed by atoms with Gasteiger partial charge in [-0.1, -0.05) is 6.92 Å². The fourth-order valence-electron chi connectivity index (χ4n) is 0.872. The van der Waals surface area contributed by atoms with Crippen LogP contribution >= 0.6 is 0 Å². The Morgan fingerprint density at radius 2 is 2.33 bits per heavy atom. The maximum atomic E-state index is 8.64. The van der Waals surface area contributed by atoms with Crippen LogP contribution in [0.5, 0.6) is 0 Å². The Kier molecular flexibility index (Phi) is 2.70. The summed E-state index contributed by atoms with van der Waals surface area (Å²) in [5.74, 6) is 1.08. The fraction of sp³-hybridized carbons (Fsp3) is 0.500. The van der Waals surface area contributed by atoms with E-state index in [4.69, 9.17) is 9.68 Å². The summed E-state index contributed by atoms with van der Waals surface area (Å²) in [4.78, 5) is 3.98. The van der Waals surface area contributed by atoms with Crippen molar-refractivity contribution in [3.8, 4) is 6.07 Å². The summed E-state index contributed by atoms with van der Waals surface area (Å²) in [7, 11) is 0. The first-order valence-corrected chi connectivity index (χ1v) is 3.95. The molecule has 64 valence electrons. The average Bonchev–Trinajstić information content (AvgIpc) is 2.48. The molecule has 0 saturated heterocycles. The maximum absolute atomic E-state index is 8.64. The Morgan fingerprint density at radius 3 is 2.83 bits per heavy atom. The first-order valence-electron chi connectivity index (χ1n) is 3.95. The third kappa shape index (κ3) is 1.56. The summed E-state index contributed by atoms with van der Waals surface area (Å²) >= 11 is 0. The van der Waals surface area contributed by atoms with Crippen LogP contribution in [-0.4, -0.2) is 11.5 Å². The lowest BCUT2D eigenvalue weighted by molar-refractivity contribution is 0.513. The SMILES string of the molecule is CCNc1oc(CC)nc1C#N. The molecule has 0 saturated carbocycles. The molecule has 1 rings (SSSR count). The molecule has 0 fully saturated rings. The van der Waals surface area contributed by atoms with Crippen molar-refractivity contribution in [1.82, 2.24) is 4.98 Å². The van der Waals surface area contributed by atoms with Crippen molar-refractivity contribution in [2.24, 2.45) is 0 Å². The zero-order valence-corrected chi connectivity index (χ0v) is 7.22. The van der Waals surface area contributed by atoms with Gasteiger partial charge in [0.1, 0.15) is 6.07 Å². The van der Waals surface area contributed by atoms with Crippen molar-refractivity contribution in [1.29, 1.82) is 5.26 Å². The minimum atomic E-state index is 0.341. The molecule has 4 heteroatoms. The lowest BCUT2D eigenvalue weighted by Crippen LogP contribution is -1.96. The zero-order chi connectivity index (χ0) is 8.97. The number of aromatic nitrogens is 1. The van der Waals surface area contributed by atoms with E-state index < -0.39 is 0 Å². The normalized spacial score (nSPS) is 9.42. The molecule has 12 heavy (non-hydrogen) atoms. The van der Waals surface area contributed by atoms with E-state index in [0.717, 1.165) is 6.54 Å². The number of oxazole rings is 1. The van der Waals surface area contributed by atoms with Crippen LogP contribution in [0.2, 0.25) is 0 Å². The summed E-state index contributed by atoms with van der Waals surface area (Å²) in [6.45, 7) is 4.60. The van der Waals surface area contributed by atoms with Gasteiger partial charge in [0.2, 0.25) is 11.6 Å². The minimum absolute atomic E-state index is 0.341. The number of nitriles is 1. The standard InChI is InChI=1S/C8H11N3O/c1-3-7-11-6(5-9)8(12-7)10-4-2/h10H,3-4H2,1-2H3. The van der Waals surface area contributed by atoms with Crippen LogP contribution < -0.4 is 5.32 Å². The van der Waals surface area contributed by atoms with Crippen LogP contribution in [0.4, 0.5) is 5.88 Å². The van der Waals surface area contributed by atoms with E-state index in [1.54, 1.807) is 0 Å². The summed E-state index contributed by atoms with van der Waals surface area (Å²) in [6.07, 6.45) is 0.708. The molecule has 1 aromatic heterocycles. The Balaban J connectivity index is 2.93. The predicted octanol–water partition coefficient (Wildman–Crippen LogP) is 1.54. The van der Waals surface area contributed by atoms with Crippen LogP contribution in [0.3, 0.4) is 0 Å². The molecule has 0 spiro atoms. The summed E-state index contributed by atoms with van der Waals surface area (Å²) in [5.41, 5.74) is 0.341. The monoisotopic (exact) mass is 165 g/mol. The van der Waals surface area contributed by atoms with Gasteiger partial charge in [-0.2, -0.15) is 5.26 Å². The molecular formula is C8H11N3O. The number of anilines is 1. The van der Waals surface area contributed by atoms with Crippen LogP contribution in [-0.2, 0) is 6.42 Å². The van der Waals surface area contributed by atoms with Crippen molar-refractivity contribution in [3.63, 3.8) is 0 Å². The molecule has 0 bridgehead atoms. The highest BCUT2D eigenvalue weighted by Gasteiger charge is 2.09. The van der Waals surface area contributed by atoms with E-state index in [9.17, 15) is 0 Å². The first-order chi connectivity index (χ1) is 5.81. The highest BCUT2D eigenvalue weighted by Crippen LogP contribution is 2.15. The Morgan fingerprint density at radius 1 is 1.58 bits per heavy atom. The third-order valence-electron chi connectivity index (χ3n) is 1.42. The second-order valence-corrected chi connectivity index (χ2v) is 2.28. The van der Waals surface area contributed by atoms with Crippen LogP contribution in [0.1, 0.15) is 25.4 Å². The van der Waals surface area contributed by atoms with Crippen LogP contribution in [0.15, 0.2) is 4.42 Å². The predicted molar refractivity (Wildman–Crippen MR) is 44.8 cm³/mol. The topological polar surface area (TPSA) is 61.9 Å². The van der Waals surface area contributed by atoms with E-state index in [1.807, 2.05) is 19.9 Å². The number of hydrogen-bond acceptors (Lipinski definition) is 4. The molecule has 4 nitrogen and oxygen atoms in total. The van der Waals surface area contributed by atoms with E-state index in [-0.39, 0.29) is 0 Å². The molecular weight excluding hydrogens is 154 g/mol. The van der Waals surface area contributed by atoms with Crippen molar-refractivity contribution >= 4 is 5.88 Å². The fourth-order valence-corrected chi connectivity index (χ4v) is 0.872. The Hall–Kier alpha value is -1.50. The van der Waals surface area contributed by atoms with Gasteiger partial charge in [0.05, 0.1) is 0 Å². The number of nitrogens with one attached hydrogen (secondary N) is 1. The van der Waals surface area contributed by atoms with Crippen molar-refractivity contribution in [3.05, 3.63) is 11.6 Å². The van der Waals surface area contributed by atoms with Crippen molar-refractivity contribution in [2.45, 2.75) is 20.3 Å². The largest absolute Gasteiger partial charge is 0.424 e. The van der Waals surface area contributed by atoms with Gasteiger partial charge in [0.15, 0.2) is 5.89 Å². The highest BCUT2D eigenvalue weighted by molar-refractivity contribution is 5.44. The molecule has 0 aliphatic heterocycles. The quantitative estimate of drug-likeness (QED) is 0.737. The molecule has 0 atom stereocenters. The summed E-state index contributed by atoms with van der Waals surface area (Å²) in [6, 6.07) is 1.97. The molecule has 0 aliphatic rings. The van der Waals surface area contributed by atoms with E-state index in [0.29, 0.717) is 23.9 Å². The van der Waals surface area contributed by atoms with E-state index in [2.05, 4.69) is 10.3 Å². The second kappa shape index (κ2) is 3.77. The van der Waals surface area contributed by atoms with Crippen molar-refractivity contribution < 1.29 is 4.42 Å². The van der Waals surface area contributed by atoms with Crippen LogP contribution in [0.25, 0.3) is 0 Å². The lowest BCUT2D eigenvalue weighted by atomic mass is 10.4. The highest BCUT2D eigenvalue weighted by atomic mass is 16.4. The Labute approximate surface area is 71.2 Å². The van der Waals surface area contributed by atoms with E-state index >= 15 is 0 Å². The Bertz CT molecular complexity index is 298. The van der Waals surface area contributed by atoms with Gasteiger partial charge in [-0.05, 0) is 6.92 Å². The average molecular weight is 165 g/mol. The molecule has 0 radical (unpaired) electrons. The first kappa shape index (κ1) is 8.60. The van der Waals surface area contributed by atoms with Gasteiger partial charge in [0, 0.05) is 13.0 Å².